The second-order valence-corrected chi connectivity index (χ2v) is 6.27. The molecule has 0 saturated carbocycles. The topological polar surface area (TPSA) is 76.3 Å². The predicted octanol–water partition coefficient (Wildman–Crippen LogP) is 0.332. The highest BCUT2D eigenvalue weighted by molar-refractivity contribution is 7.89. The number of sulfonamides is 1. The van der Waals surface area contributed by atoms with Crippen LogP contribution >= 0.6 is 0 Å². The Morgan fingerprint density at radius 2 is 2.18 bits per heavy atom. The van der Waals surface area contributed by atoms with E-state index >= 15 is 0 Å². The average Bonchev–Trinajstić information content (AvgIpc) is 2.24. The number of halogens is 1. The van der Waals surface area contributed by atoms with E-state index < -0.39 is 21.4 Å². The van der Waals surface area contributed by atoms with Gasteiger partial charge in [0.25, 0.3) is 0 Å². The second kappa shape index (κ2) is 4.01. The lowest BCUT2D eigenvalue weighted by molar-refractivity contribution is 0.153. The van der Waals surface area contributed by atoms with E-state index in [4.69, 9.17) is 5.73 Å². The number of nitrogens with zero attached hydrogens (tertiary/aromatic N) is 2. The Hall–Kier alpha value is -1.05. The van der Waals surface area contributed by atoms with Gasteiger partial charge in [-0.05, 0) is 12.5 Å². The van der Waals surface area contributed by atoms with Crippen LogP contribution in [0.3, 0.4) is 0 Å². The summed E-state index contributed by atoms with van der Waals surface area (Å²) in [5.74, 6) is -0.666. The van der Waals surface area contributed by atoms with E-state index in [0.717, 1.165) is 18.5 Å². The molecule has 1 aromatic heterocycles. The van der Waals surface area contributed by atoms with Crippen LogP contribution < -0.4 is 5.73 Å². The third kappa shape index (κ3) is 2.18. The first-order valence-electron chi connectivity index (χ1n) is 5.27. The van der Waals surface area contributed by atoms with Gasteiger partial charge in [-0.1, -0.05) is 6.92 Å². The number of pyridine rings is 1. The predicted molar refractivity (Wildman–Crippen MR) is 60.2 cm³/mol. The Kier molecular flexibility index (Phi) is 2.92. The lowest BCUT2D eigenvalue weighted by Gasteiger charge is -2.46. The lowest BCUT2D eigenvalue weighted by atomic mass is 9.91. The first-order chi connectivity index (χ1) is 7.87. The zero-order valence-corrected chi connectivity index (χ0v) is 10.2. The summed E-state index contributed by atoms with van der Waals surface area (Å²) in [5, 5.41) is 0. The number of rotatable bonds is 3. The van der Waals surface area contributed by atoms with Gasteiger partial charge >= 0.3 is 0 Å². The molecule has 1 fully saturated rings. The molecule has 2 heterocycles. The highest BCUT2D eigenvalue weighted by atomic mass is 32.2. The van der Waals surface area contributed by atoms with Gasteiger partial charge in [0.05, 0.1) is 6.20 Å². The summed E-state index contributed by atoms with van der Waals surface area (Å²) < 4.78 is 38.2. The van der Waals surface area contributed by atoms with Crippen molar-refractivity contribution >= 4 is 10.0 Å². The van der Waals surface area contributed by atoms with Crippen LogP contribution in [-0.2, 0) is 10.0 Å². The zero-order chi connectivity index (χ0) is 12.7. The maximum Gasteiger partial charge on any atom is 0.244 e. The van der Waals surface area contributed by atoms with Crippen LogP contribution in [0.5, 0.6) is 0 Å². The first-order valence-corrected chi connectivity index (χ1v) is 6.71. The monoisotopic (exact) mass is 259 g/mol. The summed E-state index contributed by atoms with van der Waals surface area (Å²) in [5.41, 5.74) is 5.45. The van der Waals surface area contributed by atoms with Gasteiger partial charge in [-0.25, -0.2) is 12.8 Å². The van der Waals surface area contributed by atoms with Crippen LogP contribution in [0, 0.1) is 5.82 Å². The van der Waals surface area contributed by atoms with Gasteiger partial charge in [-0.15, -0.1) is 0 Å². The molecular weight excluding hydrogens is 245 g/mol. The molecule has 1 aliphatic rings. The Bertz CT molecular complexity index is 526. The number of hydrogen-bond donors (Lipinski definition) is 1. The molecule has 2 N–H and O–H groups in total. The summed E-state index contributed by atoms with van der Waals surface area (Å²) >= 11 is 0. The van der Waals surface area contributed by atoms with Gasteiger partial charge < -0.3 is 5.73 Å². The van der Waals surface area contributed by atoms with Gasteiger partial charge in [-0.3, -0.25) is 4.98 Å². The third-order valence-electron chi connectivity index (χ3n) is 3.00. The smallest absolute Gasteiger partial charge is 0.244 e. The van der Waals surface area contributed by atoms with Gasteiger partial charge in [0, 0.05) is 24.8 Å². The molecule has 2 rings (SSSR count). The molecule has 0 atom stereocenters. The molecule has 94 valence electrons. The number of hydrogen-bond acceptors (Lipinski definition) is 4. The van der Waals surface area contributed by atoms with Crippen molar-refractivity contribution in [3.63, 3.8) is 0 Å². The SMILES string of the molecule is CCC1(N)CN(S(=O)(=O)c2cncc(F)c2)C1. The Labute approximate surface area is 99.5 Å². The van der Waals surface area contributed by atoms with Crippen LogP contribution in [0.2, 0.25) is 0 Å². The molecular formula is C10H14FN3O2S. The van der Waals surface area contributed by atoms with Crippen molar-refractivity contribution in [3.05, 3.63) is 24.3 Å². The highest BCUT2D eigenvalue weighted by Gasteiger charge is 2.44. The van der Waals surface area contributed by atoms with Crippen molar-refractivity contribution in [2.75, 3.05) is 13.1 Å². The van der Waals surface area contributed by atoms with E-state index in [1.165, 1.54) is 4.31 Å². The summed E-state index contributed by atoms with van der Waals surface area (Å²) in [6, 6.07) is 0.963. The quantitative estimate of drug-likeness (QED) is 0.849. The maximum atomic E-state index is 12.9. The summed E-state index contributed by atoms with van der Waals surface area (Å²) in [7, 11) is -3.66. The molecule has 1 saturated heterocycles. The average molecular weight is 259 g/mol. The lowest BCUT2D eigenvalue weighted by Crippen LogP contribution is -2.68. The van der Waals surface area contributed by atoms with E-state index in [-0.39, 0.29) is 18.0 Å². The van der Waals surface area contributed by atoms with Crippen molar-refractivity contribution in [1.29, 1.82) is 0 Å². The third-order valence-corrected chi connectivity index (χ3v) is 4.76. The Balaban J connectivity index is 2.22. The molecule has 5 nitrogen and oxygen atoms in total. The fourth-order valence-electron chi connectivity index (χ4n) is 1.73. The standard InChI is InChI=1S/C10H14FN3O2S/c1-2-10(12)6-14(7-10)17(15,16)9-3-8(11)4-13-5-9/h3-5H,2,6-7,12H2,1H3. The molecule has 0 amide bonds. The molecule has 17 heavy (non-hydrogen) atoms. The minimum absolute atomic E-state index is 0.129. The molecule has 0 aliphatic carbocycles. The largest absolute Gasteiger partial charge is 0.323 e. The van der Waals surface area contributed by atoms with E-state index in [9.17, 15) is 12.8 Å². The van der Waals surface area contributed by atoms with Crippen molar-refractivity contribution in [2.45, 2.75) is 23.8 Å². The molecule has 0 bridgehead atoms. The van der Waals surface area contributed by atoms with E-state index in [2.05, 4.69) is 4.98 Å². The van der Waals surface area contributed by atoms with Crippen LogP contribution in [0.15, 0.2) is 23.4 Å². The molecule has 0 spiro atoms. The van der Waals surface area contributed by atoms with Crippen molar-refractivity contribution in [3.8, 4) is 0 Å². The van der Waals surface area contributed by atoms with Crippen molar-refractivity contribution in [1.82, 2.24) is 9.29 Å². The highest BCUT2D eigenvalue weighted by Crippen LogP contribution is 2.28. The first kappa shape index (κ1) is 12.4. The van der Waals surface area contributed by atoms with Gasteiger partial charge in [0.2, 0.25) is 10.0 Å². The molecule has 7 heteroatoms. The molecule has 1 aromatic rings. The molecule has 0 unspecified atom stereocenters. The molecule has 0 aromatic carbocycles. The van der Waals surface area contributed by atoms with E-state index in [0.29, 0.717) is 6.42 Å². The summed E-state index contributed by atoms with van der Waals surface area (Å²) in [4.78, 5) is 3.41. The Morgan fingerprint density at radius 1 is 1.53 bits per heavy atom. The van der Waals surface area contributed by atoms with E-state index in [1.807, 2.05) is 6.92 Å². The van der Waals surface area contributed by atoms with Gasteiger partial charge in [-0.2, -0.15) is 4.31 Å². The fourth-order valence-corrected chi connectivity index (χ4v) is 3.34. The fraction of sp³-hybridized carbons (Fsp3) is 0.500. The minimum Gasteiger partial charge on any atom is -0.323 e. The van der Waals surface area contributed by atoms with Gasteiger partial charge in [0.1, 0.15) is 10.7 Å². The van der Waals surface area contributed by atoms with Crippen molar-refractivity contribution in [2.24, 2.45) is 5.73 Å². The maximum absolute atomic E-state index is 12.9. The van der Waals surface area contributed by atoms with Crippen LogP contribution in [0.4, 0.5) is 4.39 Å². The normalized spacial score (nSPS) is 19.9. The zero-order valence-electron chi connectivity index (χ0n) is 9.43. The number of aromatic nitrogens is 1. The van der Waals surface area contributed by atoms with Gasteiger partial charge in [0.15, 0.2) is 0 Å². The Morgan fingerprint density at radius 3 is 2.71 bits per heavy atom. The van der Waals surface area contributed by atoms with Crippen molar-refractivity contribution < 1.29 is 12.8 Å². The second-order valence-electron chi connectivity index (χ2n) is 4.33. The summed E-state index contributed by atoms with van der Waals surface area (Å²) in [6.07, 6.45) is 2.82. The number of nitrogens with two attached hydrogens (primary N) is 1. The molecule has 1 aliphatic heterocycles. The molecule has 0 radical (unpaired) electrons. The van der Waals surface area contributed by atoms with Crippen LogP contribution in [-0.4, -0.2) is 36.3 Å². The minimum atomic E-state index is -3.66. The van der Waals surface area contributed by atoms with E-state index in [1.54, 1.807) is 0 Å². The summed E-state index contributed by atoms with van der Waals surface area (Å²) in [6.45, 7) is 2.44. The van der Waals surface area contributed by atoms with Crippen LogP contribution in [0.1, 0.15) is 13.3 Å². The van der Waals surface area contributed by atoms with Crippen LogP contribution in [0.25, 0.3) is 0 Å².